The van der Waals surface area contributed by atoms with Crippen LogP contribution in [0.2, 0.25) is 0 Å². The van der Waals surface area contributed by atoms with Crippen LogP contribution in [0.4, 0.5) is 4.39 Å². The molecular weight excluding hydrogens is 445 g/mol. The van der Waals surface area contributed by atoms with E-state index >= 15 is 0 Å². The molecule has 0 aliphatic carbocycles. The topological polar surface area (TPSA) is 45.3 Å². The molecule has 190 valence electrons. The highest BCUT2D eigenvalue weighted by molar-refractivity contribution is 5.78. The molecule has 1 amide bonds. The third kappa shape index (κ3) is 6.81. The van der Waals surface area contributed by atoms with Crippen LogP contribution >= 0.6 is 0 Å². The normalized spacial score (nSPS) is 20.9. The largest absolute Gasteiger partial charge is 0.497 e. The summed E-state index contributed by atoms with van der Waals surface area (Å²) >= 11 is 0. The van der Waals surface area contributed by atoms with E-state index in [1.54, 1.807) is 19.2 Å². The van der Waals surface area contributed by atoms with Gasteiger partial charge in [0.1, 0.15) is 11.6 Å². The number of hydrogen-bond donors (Lipinski definition) is 0. The Bertz CT molecular complexity index is 960. The predicted octanol–water partition coefficient (Wildman–Crippen LogP) is 3.94. The molecule has 4 rings (SSSR count). The second kappa shape index (κ2) is 12.0. The van der Waals surface area contributed by atoms with Gasteiger partial charge in [0.2, 0.25) is 5.91 Å². The molecule has 35 heavy (non-hydrogen) atoms. The number of amides is 1. The number of piperidine rings is 1. The standard InChI is InChI=1S/C28H38FN3O3/c1-21(2)30-14-12-24(13-15-30)31-17-26(35-20-23-6-4-5-7-27(23)29)18-32(28(33)19-31)16-22-8-10-25(34-3)11-9-22/h4-11,21,24,26H,12-20H2,1-3H3/t26-/m0/s1. The Labute approximate surface area is 208 Å². The smallest absolute Gasteiger partial charge is 0.237 e. The fourth-order valence-corrected chi connectivity index (χ4v) is 5.08. The summed E-state index contributed by atoms with van der Waals surface area (Å²) in [5.74, 6) is 0.648. The minimum atomic E-state index is -0.259. The van der Waals surface area contributed by atoms with Gasteiger partial charge in [-0.25, -0.2) is 4.39 Å². The molecule has 1 atom stereocenters. The molecule has 2 aliphatic rings. The zero-order valence-electron chi connectivity index (χ0n) is 21.2. The molecule has 0 radical (unpaired) electrons. The van der Waals surface area contributed by atoms with Crippen molar-refractivity contribution in [2.45, 2.75) is 58.0 Å². The van der Waals surface area contributed by atoms with Crippen molar-refractivity contribution < 1.29 is 18.7 Å². The second-order valence-electron chi connectivity index (χ2n) is 9.94. The zero-order chi connectivity index (χ0) is 24.8. The number of benzene rings is 2. The molecule has 0 N–H and O–H groups in total. The van der Waals surface area contributed by atoms with Gasteiger partial charge in [0.25, 0.3) is 0 Å². The average molecular weight is 484 g/mol. The summed E-state index contributed by atoms with van der Waals surface area (Å²) in [7, 11) is 1.64. The van der Waals surface area contributed by atoms with Crippen LogP contribution in [-0.4, -0.2) is 78.6 Å². The van der Waals surface area contributed by atoms with Crippen molar-refractivity contribution in [2.75, 3.05) is 39.8 Å². The fraction of sp³-hybridized carbons (Fsp3) is 0.536. The number of methoxy groups -OCH3 is 1. The Morgan fingerprint density at radius 2 is 1.74 bits per heavy atom. The Kier molecular flexibility index (Phi) is 8.76. The SMILES string of the molecule is COc1ccc(CN2C[C@@H](OCc3ccccc3F)CN(C3CCN(C(C)C)CC3)CC2=O)cc1. The van der Waals surface area contributed by atoms with E-state index in [1.165, 1.54) is 6.07 Å². The van der Waals surface area contributed by atoms with Crippen molar-refractivity contribution in [3.8, 4) is 5.75 Å². The maximum absolute atomic E-state index is 14.2. The Balaban J connectivity index is 1.47. The van der Waals surface area contributed by atoms with Crippen LogP contribution in [0.1, 0.15) is 37.8 Å². The molecule has 2 aromatic carbocycles. The highest BCUT2D eigenvalue weighted by Crippen LogP contribution is 2.23. The molecule has 0 bridgehead atoms. The number of nitrogens with zero attached hydrogens (tertiary/aromatic N) is 3. The number of carbonyl (C=O) groups excluding carboxylic acids is 1. The van der Waals surface area contributed by atoms with Gasteiger partial charge in [-0.05, 0) is 63.5 Å². The minimum absolute atomic E-state index is 0.115. The molecule has 0 aromatic heterocycles. The van der Waals surface area contributed by atoms with E-state index in [0.717, 1.165) is 37.2 Å². The van der Waals surface area contributed by atoms with Crippen LogP contribution in [-0.2, 0) is 22.7 Å². The van der Waals surface area contributed by atoms with Gasteiger partial charge in [-0.15, -0.1) is 0 Å². The minimum Gasteiger partial charge on any atom is -0.497 e. The summed E-state index contributed by atoms with van der Waals surface area (Å²) < 4.78 is 25.7. The quantitative estimate of drug-likeness (QED) is 0.569. The summed E-state index contributed by atoms with van der Waals surface area (Å²) in [6.45, 7) is 8.82. The summed E-state index contributed by atoms with van der Waals surface area (Å²) in [6.07, 6.45) is 1.90. The van der Waals surface area contributed by atoms with Crippen LogP contribution in [0.25, 0.3) is 0 Å². The van der Waals surface area contributed by atoms with Gasteiger partial charge >= 0.3 is 0 Å². The summed E-state index contributed by atoms with van der Waals surface area (Å²) in [5, 5.41) is 0. The molecule has 0 saturated carbocycles. The number of halogens is 1. The third-order valence-electron chi connectivity index (χ3n) is 7.26. The van der Waals surface area contributed by atoms with Gasteiger partial charge in [-0.3, -0.25) is 9.69 Å². The molecule has 2 aromatic rings. The van der Waals surface area contributed by atoms with Crippen molar-refractivity contribution in [3.63, 3.8) is 0 Å². The van der Waals surface area contributed by atoms with E-state index in [0.29, 0.717) is 43.8 Å². The van der Waals surface area contributed by atoms with Gasteiger partial charge in [-0.2, -0.15) is 0 Å². The number of hydrogen-bond acceptors (Lipinski definition) is 5. The number of likely N-dealkylation sites (tertiary alicyclic amines) is 1. The number of ether oxygens (including phenoxy) is 2. The summed E-state index contributed by atoms with van der Waals surface area (Å²) in [5.41, 5.74) is 1.59. The van der Waals surface area contributed by atoms with E-state index in [4.69, 9.17) is 9.47 Å². The van der Waals surface area contributed by atoms with Crippen molar-refractivity contribution in [1.29, 1.82) is 0 Å². The van der Waals surface area contributed by atoms with Gasteiger partial charge in [-0.1, -0.05) is 30.3 Å². The zero-order valence-corrected chi connectivity index (χ0v) is 21.2. The molecule has 0 spiro atoms. The Morgan fingerprint density at radius 1 is 1.03 bits per heavy atom. The van der Waals surface area contributed by atoms with Crippen molar-refractivity contribution >= 4 is 5.91 Å². The molecule has 0 unspecified atom stereocenters. The van der Waals surface area contributed by atoms with Gasteiger partial charge < -0.3 is 19.3 Å². The Hall–Kier alpha value is -2.48. The molecule has 2 aliphatic heterocycles. The lowest BCUT2D eigenvalue weighted by Gasteiger charge is -2.39. The predicted molar refractivity (Wildman–Crippen MR) is 135 cm³/mol. The Morgan fingerprint density at radius 3 is 2.40 bits per heavy atom. The molecular formula is C28H38FN3O3. The van der Waals surface area contributed by atoms with Gasteiger partial charge in [0.05, 0.1) is 26.4 Å². The van der Waals surface area contributed by atoms with E-state index in [2.05, 4.69) is 23.6 Å². The number of rotatable bonds is 8. The lowest BCUT2D eigenvalue weighted by Crippen LogP contribution is -2.49. The highest BCUT2D eigenvalue weighted by atomic mass is 19.1. The first-order chi connectivity index (χ1) is 16.9. The van der Waals surface area contributed by atoms with E-state index in [1.807, 2.05) is 35.2 Å². The van der Waals surface area contributed by atoms with Crippen molar-refractivity contribution in [3.05, 3.63) is 65.5 Å². The molecule has 2 fully saturated rings. The first-order valence-corrected chi connectivity index (χ1v) is 12.7. The first-order valence-electron chi connectivity index (χ1n) is 12.7. The lowest BCUT2D eigenvalue weighted by atomic mass is 10.0. The van der Waals surface area contributed by atoms with E-state index in [9.17, 15) is 9.18 Å². The molecule has 2 saturated heterocycles. The maximum Gasteiger partial charge on any atom is 0.237 e. The average Bonchev–Trinajstić information content (AvgIpc) is 3.02. The summed E-state index contributed by atoms with van der Waals surface area (Å²) in [4.78, 5) is 20.1. The molecule has 2 heterocycles. The second-order valence-corrected chi connectivity index (χ2v) is 9.94. The fourth-order valence-electron chi connectivity index (χ4n) is 5.08. The molecule has 6 nitrogen and oxygen atoms in total. The third-order valence-corrected chi connectivity index (χ3v) is 7.26. The summed E-state index contributed by atoms with van der Waals surface area (Å²) in [6, 6.07) is 15.4. The monoisotopic (exact) mass is 483 g/mol. The first kappa shape index (κ1) is 25.6. The van der Waals surface area contributed by atoms with E-state index < -0.39 is 0 Å². The maximum atomic E-state index is 14.2. The number of carbonyl (C=O) groups is 1. The van der Waals surface area contributed by atoms with Crippen LogP contribution < -0.4 is 4.74 Å². The molecule has 7 heteroatoms. The van der Waals surface area contributed by atoms with Crippen LogP contribution in [0.5, 0.6) is 5.75 Å². The lowest BCUT2D eigenvalue weighted by molar-refractivity contribution is -0.133. The van der Waals surface area contributed by atoms with Crippen LogP contribution in [0, 0.1) is 5.82 Å². The van der Waals surface area contributed by atoms with Crippen LogP contribution in [0.15, 0.2) is 48.5 Å². The van der Waals surface area contributed by atoms with Crippen molar-refractivity contribution in [2.24, 2.45) is 0 Å². The van der Waals surface area contributed by atoms with E-state index in [-0.39, 0.29) is 24.4 Å². The highest BCUT2D eigenvalue weighted by Gasteiger charge is 2.34. The van der Waals surface area contributed by atoms with Crippen LogP contribution in [0.3, 0.4) is 0 Å². The van der Waals surface area contributed by atoms with Crippen molar-refractivity contribution in [1.82, 2.24) is 14.7 Å². The van der Waals surface area contributed by atoms with Gasteiger partial charge in [0, 0.05) is 37.3 Å². The van der Waals surface area contributed by atoms with Gasteiger partial charge in [0.15, 0.2) is 0 Å².